The molecule has 0 aliphatic rings. The lowest BCUT2D eigenvalue weighted by Crippen LogP contribution is -2.58. The Kier molecular flexibility index (Phi) is 16.9. The molecule has 15 nitrogen and oxygen atoms in total. The first-order valence-corrected chi connectivity index (χ1v) is 13.2. The molecule has 15 N–H and O–H groups in total. The Hall–Kier alpha value is -3.62. The van der Waals surface area contributed by atoms with Crippen LogP contribution in [0.15, 0.2) is 9.98 Å². The Labute approximate surface area is 230 Å². The quantitative estimate of drug-likeness (QED) is 0.0460. The predicted molar refractivity (Wildman–Crippen MR) is 152 cm³/mol. The van der Waals surface area contributed by atoms with Gasteiger partial charge in [-0.3, -0.25) is 29.2 Å². The third kappa shape index (κ3) is 16.8. The van der Waals surface area contributed by atoms with Crippen molar-refractivity contribution in [2.24, 2.45) is 56.2 Å². The van der Waals surface area contributed by atoms with Gasteiger partial charge in [-0.2, -0.15) is 0 Å². The van der Waals surface area contributed by atoms with E-state index >= 15 is 0 Å². The largest absolute Gasteiger partial charge is 0.370 e. The van der Waals surface area contributed by atoms with Gasteiger partial charge >= 0.3 is 0 Å². The van der Waals surface area contributed by atoms with Gasteiger partial charge in [0.1, 0.15) is 18.1 Å². The van der Waals surface area contributed by atoms with E-state index in [0.29, 0.717) is 38.6 Å². The Balaban J connectivity index is 5.41. The normalized spacial score (nSPS) is 14.0. The van der Waals surface area contributed by atoms with Crippen LogP contribution in [-0.2, 0) is 19.2 Å². The fourth-order valence-electron chi connectivity index (χ4n) is 3.67. The highest BCUT2D eigenvalue weighted by molar-refractivity contribution is 5.94. The number of guanidine groups is 2. The molecule has 0 saturated carbocycles. The number of rotatable bonds is 19. The molecule has 0 aliphatic carbocycles. The van der Waals surface area contributed by atoms with Gasteiger partial charge in [0, 0.05) is 13.1 Å². The van der Waals surface area contributed by atoms with Crippen molar-refractivity contribution in [3.05, 3.63) is 0 Å². The van der Waals surface area contributed by atoms with Crippen LogP contribution in [0.1, 0.15) is 66.2 Å². The monoisotopic (exact) mass is 555 g/mol. The molecule has 4 amide bonds. The minimum absolute atomic E-state index is 0.0340. The summed E-state index contributed by atoms with van der Waals surface area (Å²) in [6.07, 6.45) is 2.04. The van der Waals surface area contributed by atoms with Crippen LogP contribution < -0.4 is 50.4 Å². The second kappa shape index (κ2) is 18.6. The molecule has 0 unspecified atom stereocenters. The van der Waals surface area contributed by atoms with Crippen LogP contribution in [0.4, 0.5) is 0 Å². The van der Waals surface area contributed by atoms with E-state index in [2.05, 4.69) is 25.9 Å². The maximum absolute atomic E-state index is 13.2. The highest BCUT2D eigenvalue weighted by Crippen LogP contribution is 2.10. The van der Waals surface area contributed by atoms with Crippen molar-refractivity contribution in [3.63, 3.8) is 0 Å². The molecule has 0 rings (SSSR count). The van der Waals surface area contributed by atoms with Crippen molar-refractivity contribution in [2.45, 2.75) is 90.4 Å². The summed E-state index contributed by atoms with van der Waals surface area (Å²) in [6.45, 7) is 8.18. The molecule has 0 saturated heterocycles. The van der Waals surface area contributed by atoms with E-state index in [1.807, 2.05) is 27.7 Å². The Morgan fingerprint density at radius 1 is 0.615 bits per heavy atom. The van der Waals surface area contributed by atoms with Gasteiger partial charge in [0.05, 0.1) is 6.04 Å². The molecule has 0 heterocycles. The zero-order valence-corrected chi connectivity index (χ0v) is 23.6. The molecule has 0 aromatic heterocycles. The van der Waals surface area contributed by atoms with E-state index in [1.165, 1.54) is 0 Å². The second-order valence-corrected chi connectivity index (χ2v) is 10.3. The zero-order valence-electron chi connectivity index (χ0n) is 23.6. The zero-order chi connectivity index (χ0) is 30.1. The minimum Gasteiger partial charge on any atom is -0.370 e. The number of hydrogen-bond acceptors (Lipinski definition) is 7. The summed E-state index contributed by atoms with van der Waals surface area (Å²) in [5.74, 6) is -2.35. The number of carbonyl (C=O) groups excluding carboxylic acids is 4. The summed E-state index contributed by atoms with van der Waals surface area (Å²) in [5.41, 5.74) is 32.6. The molecule has 0 fully saturated rings. The summed E-state index contributed by atoms with van der Waals surface area (Å²) in [4.78, 5) is 58.7. The Morgan fingerprint density at radius 3 is 1.38 bits per heavy atom. The fraction of sp³-hybridized carbons (Fsp3) is 0.750. The topological polar surface area (TPSA) is 285 Å². The maximum atomic E-state index is 13.2. The summed E-state index contributed by atoms with van der Waals surface area (Å²) in [5, 5.41) is 8.04. The maximum Gasteiger partial charge on any atom is 0.243 e. The minimum atomic E-state index is -0.971. The van der Waals surface area contributed by atoms with Crippen LogP contribution in [0.25, 0.3) is 0 Å². The number of nitrogens with one attached hydrogen (secondary N) is 3. The van der Waals surface area contributed by atoms with Gasteiger partial charge in [-0.15, -0.1) is 0 Å². The molecule has 0 aromatic carbocycles. The molecule has 0 spiro atoms. The number of carbonyl (C=O) groups is 4. The summed E-state index contributed by atoms with van der Waals surface area (Å²) >= 11 is 0. The SMILES string of the molecule is CC(C)C[C@H](NC(=O)[C@H](CC(C)C)NC(=O)[C@@H](N)CCCN=C(N)N)C(=O)N[C@@H](CCCN=C(N)N)C(N)=O. The molecule has 0 bridgehead atoms. The van der Waals surface area contributed by atoms with Crippen LogP contribution >= 0.6 is 0 Å². The molecule has 15 heteroatoms. The Morgan fingerprint density at radius 2 is 1.00 bits per heavy atom. The third-order valence-corrected chi connectivity index (χ3v) is 5.59. The van der Waals surface area contributed by atoms with Crippen molar-refractivity contribution >= 4 is 35.5 Å². The average molecular weight is 556 g/mol. The number of amides is 4. The first kappa shape index (κ1) is 35.4. The van der Waals surface area contributed by atoms with E-state index in [4.69, 9.17) is 34.4 Å². The number of hydrogen-bond donors (Lipinski definition) is 9. The van der Waals surface area contributed by atoms with Gasteiger partial charge in [0.15, 0.2) is 11.9 Å². The molecule has 4 atom stereocenters. The molecule has 0 aliphatic heterocycles. The van der Waals surface area contributed by atoms with E-state index < -0.39 is 47.8 Å². The van der Waals surface area contributed by atoms with Gasteiger partial charge in [-0.05, 0) is 50.4 Å². The van der Waals surface area contributed by atoms with Gasteiger partial charge in [-0.25, -0.2) is 0 Å². The standard InChI is InChI=1S/C24H49N11O4/c1-13(2)11-17(34-20(37)15(25)7-5-9-31-23(27)28)22(39)35-18(12-14(3)4)21(38)33-16(19(26)36)8-6-10-32-24(29)30/h13-18H,5-12,25H2,1-4H3,(H2,26,36)(H,33,38)(H,34,37)(H,35,39)(H4,27,28,31)(H4,29,30,32)/t15-,16-,17-,18-/m0/s1. The van der Waals surface area contributed by atoms with Crippen molar-refractivity contribution in [1.29, 1.82) is 0 Å². The van der Waals surface area contributed by atoms with E-state index in [0.717, 1.165) is 0 Å². The highest BCUT2D eigenvalue weighted by Gasteiger charge is 2.30. The van der Waals surface area contributed by atoms with Crippen molar-refractivity contribution in [3.8, 4) is 0 Å². The van der Waals surface area contributed by atoms with Crippen LogP contribution in [-0.4, -0.2) is 72.8 Å². The van der Waals surface area contributed by atoms with Crippen LogP contribution in [0, 0.1) is 11.8 Å². The first-order valence-electron chi connectivity index (χ1n) is 13.2. The van der Waals surface area contributed by atoms with Crippen LogP contribution in [0.2, 0.25) is 0 Å². The van der Waals surface area contributed by atoms with E-state index in [1.54, 1.807) is 0 Å². The molecule has 0 radical (unpaired) electrons. The van der Waals surface area contributed by atoms with Gasteiger partial charge < -0.3 is 50.4 Å². The van der Waals surface area contributed by atoms with Gasteiger partial charge in [0.2, 0.25) is 23.6 Å². The summed E-state index contributed by atoms with van der Waals surface area (Å²) in [7, 11) is 0. The first-order chi connectivity index (χ1) is 18.1. The lowest BCUT2D eigenvalue weighted by Gasteiger charge is -2.27. The van der Waals surface area contributed by atoms with Gasteiger partial charge in [0.25, 0.3) is 0 Å². The lowest BCUT2D eigenvalue weighted by atomic mass is 9.99. The molecule has 39 heavy (non-hydrogen) atoms. The third-order valence-electron chi connectivity index (χ3n) is 5.59. The van der Waals surface area contributed by atoms with Gasteiger partial charge in [-0.1, -0.05) is 27.7 Å². The smallest absolute Gasteiger partial charge is 0.243 e. The summed E-state index contributed by atoms with van der Waals surface area (Å²) < 4.78 is 0. The van der Waals surface area contributed by atoms with Crippen molar-refractivity contribution in [2.75, 3.05) is 13.1 Å². The molecule has 224 valence electrons. The molecular formula is C24H49N11O4. The molecular weight excluding hydrogens is 506 g/mol. The average Bonchev–Trinajstić information content (AvgIpc) is 2.81. The van der Waals surface area contributed by atoms with E-state index in [9.17, 15) is 19.2 Å². The second-order valence-electron chi connectivity index (χ2n) is 10.3. The summed E-state index contributed by atoms with van der Waals surface area (Å²) in [6, 6.07) is -3.72. The number of nitrogens with zero attached hydrogens (tertiary/aromatic N) is 2. The highest BCUT2D eigenvalue weighted by atomic mass is 16.2. The number of nitrogens with two attached hydrogens (primary N) is 6. The molecule has 0 aromatic rings. The fourth-order valence-corrected chi connectivity index (χ4v) is 3.67. The van der Waals surface area contributed by atoms with E-state index in [-0.39, 0.29) is 36.7 Å². The van der Waals surface area contributed by atoms with Crippen molar-refractivity contribution < 1.29 is 19.2 Å². The predicted octanol–water partition coefficient (Wildman–Crippen LogP) is -2.55. The van der Waals surface area contributed by atoms with Crippen molar-refractivity contribution in [1.82, 2.24) is 16.0 Å². The van der Waals surface area contributed by atoms with Crippen LogP contribution in [0.5, 0.6) is 0 Å². The lowest BCUT2D eigenvalue weighted by molar-refractivity contribution is -0.134. The van der Waals surface area contributed by atoms with Crippen LogP contribution in [0.3, 0.4) is 0 Å². The number of aliphatic imine (C=N–C) groups is 2. The Bertz CT molecular complexity index is 853. The number of primary amides is 1.